The summed E-state index contributed by atoms with van der Waals surface area (Å²) in [7, 11) is -3.55. The predicted octanol–water partition coefficient (Wildman–Crippen LogP) is 4.14. The first-order valence-corrected chi connectivity index (χ1v) is 13.0. The largest absolute Gasteiger partial charge is 0.462 e. The number of carbonyl (C=O) groups is 2. The SMILES string of the molecule is CCOC(=O)c1cc(CC)sc1NC(=O)C1CCN(S(=O)(=O)/C=C/c2ccccc2)CC1. The molecule has 3 rings (SSSR count). The number of amides is 1. The topological polar surface area (TPSA) is 92.8 Å². The highest BCUT2D eigenvalue weighted by atomic mass is 32.2. The zero-order valence-corrected chi connectivity index (χ0v) is 19.9. The molecule has 7 nitrogen and oxygen atoms in total. The number of esters is 1. The highest BCUT2D eigenvalue weighted by Gasteiger charge is 2.31. The second kappa shape index (κ2) is 10.9. The summed E-state index contributed by atoms with van der Waals surface area (Å²) in [5.74, 6) is -0.969. The molecule has 9 heteroatoms. The van der Waals surface area contributed by atoms with Gasteiger partial charge in [-0.1, -0.05) is 37.3 Å². The van der Waals surface area contributed by atoms with Crippen LogP contribution in [0.25, 0.3) is 6.08 Å². The van der Waals surface area contributed by atoms with E-state index in [2.05, 4.69) is 5.32 Å². The van der Waals surface area contributed by atoms with Crippen LogP contribution in [0.3, 0.4) is 0 Å². The van der Waals surface area contributed by atoms with Gasteiger partial charge in [-0.05, 0) is 43.9 Å². The summed E-state index contributed by atoms with van der Waals surface area (Å²) in [6.45, 7) is 4.52. The molecule has 1 aromatic heterocycles. The monoisotopic (exact) mass is 476 g/mol. The third kappa shape index (κ3) is 6.05. The Morgan fingerprint density at radius 1 is 1.19 bits per heavy atom. The number of ether oxygens (including phenoxy) is 1. The maximum atomic E-state index is 12.8. The van der Waals surface area contributed by atoms with E-state index >= 15 is 0 Å². The molecule has 2 aromatic rings. The van der Waals surface area contributed by atoms with Gasteiger partial charge in [0.2, 0.25) is 15.9 Å². The zero-order chi connectivity index (χ0) is 23.1. The molecule has 0 spiro atoms. The van der Waals surface area contributed by atoms with Crippen molar-refractivity contribution in [1.82, 2.24) is 4.31 Å². The van der Waals surface area contributed by atoms with Gasteiger partial charge in [0, 0.05) is 29.3 Å². The summed E-state index contributed by atoms with van der Waals surface area (Å²) in [6, 6.07) is 11.0. The Kier molecular flexibility index (Phi) is 8.22. The molecule has 1 saturated heterocycles. The number of nitrogens with one attached hydrogen (secondary N) is 1. The summed E-state index contributed by atoms with van der Waals surface area (Å²) in [5.41, 5.74) is 1.18. The van der Waals surface area contributed by atoms with E-state index in [1.54, 1.807) is 19.1 Å². The number of piperidine rings is 1. The van der Waals surface area contributed by atoms with Crippen LogP contribution < -0.4 is 5.32 Å². The van der Waals surface area contributed by atoms with Crippen LogP contribution in [0, 0.1) is 5.92 Å². The fourth-order valence-corrected chi connectivity index (χ4v) is 5.68. The normalized spacial score (nSPS) is 15.7. The average Bonchev–Trinajstić information content (AvgIpc) is 3.22. The van der Waals surface area contributed by atoms with Crippen molar-refractivity contribution in [2.24, 2.45) is 5.92 Å². The van der Waals surface area contributed by atoms with Crippen LogP contribution in [0.15, 0.2) is 41.8 Å². The summed E-state index contributed by atoms with van der Waals surface area (Å²) in [6.07, 6.45) is 3.17. The lowest BCUT2D eigenvalue weighted by Crippen LogP contribution is -2.40. The van der Waals surface area contributed by atoms with Crippen molar-refractivity contribution < 1.29 is 22.7 Å². The lowest BCUT2D eigenvalue weighted by atomic mass is 9.97. The number of benzene rings is 1. The Hall–Kier alpha value is -2.49. The Morgan fingerprint density at radius 3 is 2.50 bits per heavy atom. The van der Waals surface area contributed by atoms with E-state index < -0.39 is 16.0 Å². The average molecular weight is 477 g/mol. The van der Waals surface area contributed by atoms with Crippen molar-refractivity contribution in [2.45, 2.75) is 33.1 Å². The number of anilines is 1. The van der Waals surface area contributed by atoms with E-state index in [1.807, 2.05) is 37.3 Å². The van der Waals surface area contributed by atoms with Gasteiger partial charge in [-0.25, -0.2) is 13.2 Å². The van der Waals surface area contributed by atoms with Gasteiger partial charge >= 0.3 is 5.97 Å². The first-order valence-electron chi connectivity index (χ1n) is 10.7. The molecule has 0 radical (unpaired) electrons. The number of rotatable bonds is 8. The Labute approximate surface area is 193 Å². The Bertz CT molecular complexity index is 1070. The number of aryl methyl sites for hydroxylation is 1. The molecule has 0 saturated carbocycles. The van der Waals surface area contributed by atoms with Crippen LogP contribution in [-0.4, -0.2) is 44.3 Å². The van der Waals surface area contributed by atoms with E-state index in [-0.39, 0.29) is 31.5 Å². The molecule has 0 atom stereocenters. The van der Waals surface area contributed by atoms with E-state index in [4.69, 9.17) is 4.74 Å². The first kappa shape index (κ1) is 24.2. The van der Waals surface area contributed by atoms with Crippen LogP contribution >= 0.6 is 11.3 Å². The number of hydrogen-bond acceptors (Lipinski definition) is 6. The van der Waals surface area contributed by atoms with Crippen molar-refractivity contribution in [3.63, 3.8) is 0 Å². The van der Waals surface area contributed by atoms with Crippen molar-refractivity contribution in [1.29, 1.82) is 0 Å². The molecule has 1 N–H and O–H groups in total. The quantitative estimate of drug-likeness (QED) is 0.578. The molecule has 32 heavy (non-hydrogen) atoms. The van der Waals surface area contributed by atoms with Crippen LogP contribution in [0.2, 0.25) is 0 Å². The van der Waals surface area contributed by atoms with Gasteiger partial charge in [0.25, 0.3) is 0 Å². The standard InChI is InChI=1S/C23H28N2O5S2/c1-3-19-16-20(23(27)30-4-2)22(31-19)24-21(26)18-10-13-25(14-11-18)32(28,29)15-12-17-8-6-5-7-9-17/h5-9,12,15-16,18H,3-4,10-11,13-14H2,1-2H3,(H,24,26)/b15-12+. The lowest BCUT2D eigenvalue weighted by Gasteiger charge is -2.29. The maximum Gasteiger partial charge on any atom is 0.341 e. The first-order chi connectivity index (χ1) is 15.3. The van der Waals surface area contributed by atoms with Gasteiger partial charge in [0.1, 0.15) is 5.00 Å². The highest BCUT2D eigenvalue weighted by molar-refractivity contribution is 7.92. The molecule has 0 unspecified atom stereocenters. The molecule has 2 heterocycles. The second-order valence-corrected chi connectivity index (χ2v) is 10.4. The molecule has 1 aliphatic heterocycles. The molecular formula is C23H28N2O5S2. The van der Waals surface area contributed by atoms with Crippen LogP contribution in [0.4, 0.5) is 5.00 Å². The van der Waals surface area contributed by atoms with Crippen LogP contribution in [0.5, 0.6) is 0 Å². The van der Waals surface area contributed by atoms with Gasteiger partial charge in [0.05, 0.1) is 12.2 Å². The van der Waals surface area contributed by atoms with E-state index in [0.717, 1.165) is 16.9 Å². The third-order valence-electron chi connectivity index (χ3n) is 5.28. The number of carbonyl (C=O) groups excluding carboxylic acids is 2. The van der Waals surface area contributed by atoms with Crippen LogP contribution in [-0.2, 0) is 26.0 Å². The molecule has 172 valence electrons. The molecule has 1 fully saturated rings. The Balaban J connectivity index is 1.61. The smallest absolute Gasteiger partial charge is 0.341 e. The highest BCUT2D eigenvalue weighted by Crippen LogP contribution is 2.31. The molecular weight excluding hydrogens is 448 g/mol. The summed E-state index contributed by atoms with van der Waals surface area (Å²) < 4.78 is 31.8. The van der Waals surface area contributed by atoms with Gasteiger partial charge < -0.3 is 10.1 Å². The van der Waals surface area contributed by atoms with Crippen molar-refractivity contribution in [3.8, 4) is 0 Å². The minimum Gasteiger partial charge on any atom is -0.462 e. The third-order valence-corrected chi connectivity index (χ3v) is 8.04. The predicted molar refractivity (Wildman–Crippen MR) is 127 cm³/mol. The summed E-state index contributed by atoms with van der Waals surface area (Å²) >= 11 is 1.37. The minimum atomic E-state index is -3.55. The number of nitrogens with zero attached hydrogens (tertiary/aromatic N) is 1. The van der Waals surface area contributed by atoms with Crippen molar-refractivity contribution in [2.75, 3.05) is 25.0 Å². The molecule has 1 amide bonds. The van der Waals surface area contributed by atoms with Gasteiger partial charge in [-0.15, -0.1) is 11.3 Å². The molecule has 0 aliphatic carbocycles. The summed E-state index contributed by atoms with van der Waals surface area (Å²) in [5, 5.41) is 4.58. The van der Waals surface area contributed by atoms with Crippen molar-refractivity contribution >= 4 is 44.3 Å². The number of hydrogen-bond donors (Lipinski definition) is 1. The molecule has 1 aliphatic rings. The molecule has 1 aromatic carbocycles. The van der Waals surface area contributed by atoms with Crippen molar-refractivity contribution in [3.05, 3.63) is 57.8 Å². The lowest BCUT2D eigenvalue weighted by molar-refractivity contribution is -0.120. The van der Waals surface area contributed by atoms with Crippen LogP contribution in [0.1, 0.15) is 47.5 Å². The Morgan fingerprint density at radius 2 is 1.88 bits per heavy atom. The van der Waals surface area contributed by atoms with E-state index in [0.29, 0.717) is 23.4 Å². The minimum absolute atomic E-state index is 0.197. The number of thiophene rings is 1. The fourth-order valence-electron chi connectivity index (χ4n) is 3.47. The molecule has 0 bridgehead atoms. The van der Waals surface area contributed by atoms with Gasteiger partial charge in [-0.3, -0.25) is 4.79 Å². The summed E-state index contributed by atoms with van der Waals surface area (Å²) in [4.78, 5) is 26.0. The number of sulfonamides is 1. The van der Waals surface area contributed by atoms with Gasteiger partial charge in [0.15, 0.2) is 0 Å². The maximum absolute atomic E-state index is 12.8. The second-order valence-electron chi connectivity index (χ2n) is 7.45. The zero-order valence-electron chi connectivity index (χ0n) is 18.2. The van der Waals surface area contributed by atoms with E-state index in [1.165, 1.54) is 21.1 Å². The fraction of sp³-hybridized carbons (Fsp3) is 0.391. The van der Waals surface area contributed by atoms with E-state index in [9.17, 15) is 18.0 Å². The van der Waals surface area contributed by atoms with Gasteiger partial charge in [-0.2, -0.15) is 4.31 Å².